The van der Waals surface area contributed by atoms with Gasteiger partial charge in [-0.3, -0.25) is 0 Å². The smallest absolute Gasteiger partial charge is 0.279 e. The summed E-state index contributed by atoms with van der Waals surface area (Å²) in [6, 6.07) is 0.665. The molecule has 6 heteroatoms. The van der Waals surface area contributed by atoms with Gasteiger partial charge in [0.1, 0.15) is 0 Å². The number of nitrogens with one attached hydrogen (secondary N) is 2. The van der Waals surface area contributed by atoms with Crippen molar-refractivity contribution in [1.82, 2.24) is 14.3 Å². The van der Waals surface area contributed by atoms with Crippen molar-refractivity contribution >= 4 is 10.2 Å². The van der Waals surface area contributed by atoms with E-state index in [9.17, 15) is 8.42 Å². The molecule has 1 heterocycles. The highest BCUT2D eigenvalue weighted by Gasteiger charge is 2.32. The van der Waals surface area contributed by atoms with E-state index in [-0.39, 0.29) is 11.5 Å². The second-order valence-corrected chi connectivity index (χ2v) is 9.44. The molecule has 1 saturated carbocycles. The third-order valence-corrected chi connectivity index (χ3v) is 6.51. The maximum absolute atomic E-state index is 12.4. The van der Waals surface area contributed by atoms with Gasteiger partial charge in [0, 0.05) is 25.2 Å². The molecule has 0 amide bonds. The van der Waals surface area contributed by atoms with Crippen molar-refractivity contribution < 1.29 is 8.42 Å². The van der Waals surface area contributed by atoms with Crippen LogP contribution in [0.25, 0.3) is 0 Å². The summed E-state index contributed by atoms with van der Waals surface area (Å²) >= 11 is 0. The minimum atomic E-state index is -3.35. The summed E-state index contributed by atoms with van der Waals surface area (Å²) in [5.41, 5.74) is -0.0699. The number of hydrogen-bond donors (Lipinski definition) is 2. The normalized spacial score (nSPS) is 24.2. The fraction of sp³-hybridized carbons (Fsp3) is 1.00. The van der Waals surface area contributed by atoms with Crippen molar-refractivity contribution in [3.63, 3.8) is 0 Å². The van der Waals surface area contributed by atoms with Crippen molar-refractivity contribution in [3.8, 4) is 0 Å². The first-order valence-corrected chi connectivity index (χ1v) is 9.63. The summed E-state index contributed by atoms with van der Waals surface area (Å²) in [6.07, 6.45) is 4.54. The maximum Gasteiger partial charge on any atom is 0.279 e. The zero-order valence-electron chi connectivity index (χ0n) is 13.9. The first-order valence-electron chi connectivity index (χ1n) is 8.19. The second-order valence-electron chi connectivity index (χ2n) is 7.74. The molecule has 2 rings (SSSR count). The molecule has 1 saturated heterocycles. The van der Waals surface area contributed by atoms with Crippen LogP contribution in [-0.4, -0.2) is 44.4 Å². The summed E-state index contributed by atoms with van der Waals surface area (Å²) in [5, 5.41) is 3.55. The molecule has 0 bridgehead atoms. The van der Waals surface area contributed by atoms with Crippen molar-refractivity contribution in [2.75, 3.05) is 19.6 Å². The van der Waals surface area contributed by atoms with E-state index >= 15 is 0 Å². The molecule has 21 heavy (non-hydrogen) atoms. The SMILES string of the molecule is CC(NS(=O)(=O)N1CCC(CNC2CC2)CC1)C(C)(C)C. The molecule has 2 fully saturated rings. The van der Waals surface area contributed by atoms with Crippen LogP contribution in [0.4, 0.5) is 0 Å². The number of nitrogens with zero attached hydrogens (tertiary/aromatic N) is 1. The lowest BCUT2D eigenvalue weighted by molar-refractivity contribution is 0.255. The van der Waals surface area contributed by atoms with Gasteiger partial charge in [0.25, 0.3) is 10.2 Å². The largest absolute Gasteiger partial charge is 0.314 e. The lowest BCUT2D eigenvalue weighted by Gasteiger charge is -2.34. The highest BCUT2D eigenvalue weighted by Crippen LogP contribution is 2.24. The van der Waals surface area contributed by atoms with Crippen LogP contribution in [0.3, 0.4) is 0 Å². The van der Waals surface area contributed by atoms with Gasteiger partial charge in [-0.05, 0) is 50.5 Å². The van der Waals surface area contributed by atoms with E-state index in [0.717, 1.165) is 25.4 Å². The maximum atomic E-state index is 12.4. The van der Waals surface area contributed by atoms with E-state index in [4.69, 9.17) is 0 Å². The molecule has 0 radical (unpaired) electrons. The fourth-order valence-electron chi connectivity index (χ4n) is 2.45. The van der Waals surface area contributed by atoms with Gasteiger partial charge in [0.15, 0.2) is 0 Å². The Morgan fingerprint density at radius 2 is 1.71 bits per heavy atom. The third kappa shape index (κ3) is 5.20. The average molecular weight is 317 g/mol. The van der Waals surface area contributed by atoms with Gasteiger partial charge in [-0.15, -0.1) is 0 Å². The molecule has 1 atom stereocenters. The van der Waals surface area contributed by atoms with Crippen LogP contribution in [0.15, 0.2) is 0 Å². The molecule has 0 spiro atoms. The Balaban J connectivity index is 1.79. The van der Waals surface area contributed by atoms with E-state index < -0.39 is 10.2 Å². The second kappa shape index (κ2) is 6.52. The molecule has 1 aliphatic heterocycles. The van der Waals surface area contributed by atoms with Gasteiger partial charge in [-0.25, -0.2) is 0 Å². The standard InChI is InChI=1S/C15H31N3O2S/c1-12(15(2,3)4)17-21(19,20)18-9-7-13(8-10-18)11-16-14-5-6-14/h12-14,16-17H,5-11H2,1-4H3. The van der Waals surface area contributed by atoms with Crippen LogP contribution < -0.4 is 10.0 Å². The third-order valence-electron chi connectivity index (χ3n) is 4.81. The Hall–Kier alpha value is -0.170. The molecule has 2 aliphatic rings. The Morgan fingerprint density at radius 3 is 2.19 bits per heavy atom. The fourth-order valence-corrected chi connectivity index (χ4v) is 4.09. The van der Waals surface area contributed by atoms with Gasteiger partial charge in [-0.2, -0.15) is 17.4 Å². The zero-order valence-corrected chi connectivity index (χ0v) is 14.7. The molecule has 0 aromatic heterocycles. The van der Waals surface area contributed by atoms with Gasteiger partial charge >= 0.3 is 0 Å². The van der Waals surface area contributed by atoms with E-state index in [1.165, 1.54) is 12.8 Å². The Morgan fingerprint density at radius 1 is 1.14 bits per heavy atom. The van der Waals surface area contributed by atoms with Gasteiger partial charge in [-0.1, -0.05) is 20.8 Å². The van der Waals surface area contributed by atoms with Crippen LogP contribution in [0, 0.1) is 11.3 Å². The molecule has 2 N–H and O–H groups in total. The van der Waals surface area contributed by atoms with Crippen molar-refractivity contribution in [2.24, 2.45) is 11.3 Å². The summed E-state index contributed by atoms with van der Waals surface area (Å²) in [6.45, 7) is 10.4. The Bertz CT molecular complexity index is 432. The molecule has 5 nitrogen and oxygen atoms in total. The summed E-state index contributed by atoms with van der Waals surface area (Å²) in [4.78, 5) is 0. The van der Waals surface area contributed by atoms with Crippen LogP contribution >= 0.6 is 0 Å². The minimum Gasteiger partial charge on any atom is -0.314 e. The average Bonchev–Trinajstić information content (AvgIpc) is 3.19. The highest BCUT2D eigenvalue weighted by molar-refractivity contribution is 7.87. The van der Waals surface area contributed by atoms with Crippen LogP contribution in [-0.2, 0) is 10.2 Å². The first-order chi connectivity index (χ1) is 9.68. The van der Waals surface area contributed by atoms with E-state index in [0.29, 0.717) is 19.0 Å². The van der Waals surface area contributed by atoms with Crippen molar-refractivity contribution in [3.05, 3.63) is 0 Å². The minimum absolute atomic E-state index is 0.0699. The molecule has 0 aromatic rings. The quantitative estimate of drug-likeness (QED) is 0.784. The molecule has 124 valence electrons. The Labute approximate surface area is 130 Å². The molecule has 1 aliphatic carbocycles. The topological polar surface area (TPSA) is 61.4 Å². The van der Waals surface area contributed by atoms with Gasteiger partial charge in [0.05, 0.1) is 0 Å². The summed E-state index contributed by atoms with van der Waals surface area (Å²) in [5.74, 6) is 0.622. The van der Waals surface area contributed by atoms with Gasteiger partial charge < -0.3 is 5.32 Å². The molecular formula is C15H31N3O2S. The van der Waals surface area contributed by atoms with Crippen molar-refractivity contribution in [2.45, 2.75) is 65.5 Å². The van der Waals surface area contributed by atoms with E-state index in [2.05, 4.69) is 30.8 Å². The first kappa shape index (κ1) is 17.2. The van der Waals surface area contributed by atoms with Crippen LogP contribution in [0.2, 0.25) is 0 Å². The lowest BCUT2D eigenvalue weighted by atomic mass is 9.89. The van der Waals surface area contributed by atoms with Crippen LogP contribution in [0.1, 0.15) is 53.4 Å². The van der Waals surface area contributed by atoms with E-state index in [1.54, 1.807) is 4.31 Å². The molecular weight excluding hydrogens is 286 g/mol. The van der Waals surface area contributed by atoms with E-state index in [1.807, 2.05) is 6.92 Å². The monoisotopic (exact) mass is 317 g/mol. The van der Waals surface area contributed by atoms with Gasteiger partial charge in [0.2, 0.25) is 0 Å². The lowest BCUT2D eigenvalue weighted by Crippen LogP contribution is -2.51. The van der Waals surface area contributed by atoms with Crippen molar-refractivity contribution in [1.29, 1.82) is 0 Å². The summed E-state index contributed by atoms with van der Waals surface area (Å²) < 4.78 is 29.3. The molecule has 1 unspecified atom stereocenters. The predicted molar refractivity (Wildman–Crippen MR) is 86.3 cm³/mol. The predicted octanol–water partition coefficient (Wildman–Crippen LogP) is 1.72. The number of rotatable bonds is 6. The number of piperidine rings is 1. The summed E-state index contributed by atoms with van der Waals surface area (Å²) in [7, 11) is -3.35. The number of hydrogen-bond acceptors (Lipinski definition) is 3. The Kier molecular flexibility index (Phi) is 5.34. The highest BCUT2D eigenvalue weighted by atomic mass is 32.2. The van der Waals surface area contributed by atoms with Crippen LogP contribution in [0.5, 0.6) is 0 Å². The molecule has 0 aromatic carbocycles. The zero-order chi connectivity index (χ0) is 15.7.